The Labute approximate surface area is 192 Å². The minimum Gasteiger partial charge on any atom is -0.483 e. The van der Waals surface area contributed by atoms with Gasteiger partial charge in [-0.1, -0.05) is 12.1 Å². The summed E-state index contributed by atoms with van der Waals surface area (Å²) in [6.07, 6.45) is 2.05. The zero-order valence-electron chi connectivity index (χ0n) is 20.0. The minimum absolute atomic E-state index is 0.0963. The predicted octanol–water partition coefficient (Wildman–Crippen LogP) is 1.61. The summed E-state index contributed by atoms with van der Waals surface area (Å²) < 4.78 is 0. The second-order valence-electron chi connectivity index (χ2n) is 8.03. The summed E-state index contributed by atoms with van der Waals surface area (Å²) in [6.45, 7) is 8.14. The molecule has 0 saturated carbocycles. The Kier molecular flexibility index (Phi) is 15.6. The monoisotopic (exact) mass is 452 g/mol. The zero-order chi connectivity index (χ0) is 24.5. The predicted molar refractivity (Wildman–Crippen MR) is 127 cm³/mol. The summed E-state index contributed by atoms with van der Waals surface area (Å²) in [5, 5.41) is 17.0. The van der Waals surface area contributed by atoms with Crippen molar-refractivity contribution >= 4 is 24.5 Å². The first-order chi connectivity index (χ1) is 15.2. The molecule has 0 spiro atoms. The molecule has 1 saturated heterocycles. The van der Waals surface area contributed by atoms with Crippen molar-refractivity contribution < 1.29 is 24.6 Å². The average molecular weight is 453 g/mol. The van der Waals surface area contributed by atoms with E-state index in [0.29, 0.717) is 12.6 Å². The third kappa shape index (κ3) is 11.7. The van der Waals surface area contributed by atoms with Crippen LogP contribution in [0.2, 0.25) is 0 Å². The van der Waals surface area contributed by atoms with Gasteiger partial charge < -0.3 is 30.2 Å². The second-order valence-corrected chi connectivity index (χ2v) is 8.03. The van der Waals surface area contributed by atoms with Gasteiger partial charge in [-0.2, -0.15) is 0 Å². The highest BCUT2D eigenvalue weighted by atomic mass is 16.3. The molecule has 2 rings (SSSR count). The van der Waals surface area contributed by atoms with Crippen LogP contribution in [0, 0.1) is 12.8 Å². The van der Waals surface area contributed by atoms with E-state index in [0.717, 1.165) is 39.0 Å². The summed E-state index contributed by atoms with van der Waals surface area (Å²) in [4.78, 5) is 36.3. The van der Waals surface area contributed by atoms with Crippen molar-refractivity contribution in [1.29, 1.82) is 0 Å². The molecule has 9 heteroatoms. The molecule has 1 heterocycles. The number of anilines is 1. The SMILES string of the molecule is CCN(CCNC(=O)[C@@H]1CC[C@H](N(C)C)CN(C)C1)c1cccc(C)c1.O=CO.O=CO. The number of aryl methyl sites for hydroxylation is 1. The van der Waals surface area contributed by atoms with Crippen molar-refractivity contribution in [3.63, 3.8) is 0 Å². The molecule has 3 N–H and O–H groups in total. The van der Waals surface area contributed by atoms with Crippen molar-refractivity contribution in [2.45, 2.75) is 32.7 Å². The minimum atomic E-state index is -0.250. The number of amides is 1. The van der Waals surface area contributed by atoms with Crippen LogP contribution >= 0.6 is 0 Å². The van der Waals surface area contributed by atoms with Gasteiger partial charge in [0.25, 0.3) is 12.9 Å². The number of likely N-dealkylation sites (N-methyl/N-ethyl adjacent to an activating group) is 3. The van der Waals surface area contributed by atoms with Gasteiger partial charge in [0.15, 0.2) is 0 Å². The smallest absolute Gasteiger partial charge is 0.290 e. The number of likely N-dealkylation sites (tertiary alicyclic amines) is 1. The van der Waals surface area contributed by atoms with Gasteiger partial charge in [0.2, 0.25) is 5.91 Å². The van der Waals surface area contributed by atoms with Crippen LogP contribution in [0.5, 0.6) is 0 Å². The van der Waals surface area contributed by atoms with E-state index in [1.807, 2.05) is 0 Å². The van der Waals surface area contributed by atoms with Gasteiger partial charge >= 0.3 is 0 Å². The molecule has 1 amide bonds. The van der Waals surface area contributed by atoms with Crippen molar-refractivity contribution in [2.24, 2.45) is 5.92 Å². The number of carbonyl (C=O) groups excluding carboxylic acids is 1. The Hall–Kier alpha value is -2.65. The van der Waals surface area contributed by atoms with Crippen molar-refractivity contribution in [3.05, 3.63) is 29.8 Å². The van der Waals surface area contributed by atoms with Crippen LogP contribution in [0.3, 0.4) is 0 Å². The van der Waals surface area contributed by atoms with Crippen LogP contribution in [0.4, 0.5) is 5.69 Å². The van der Waals surface area contributed by atoms with Crippen molar-refractivity contribution in [3.8, 4) is 0 Å². The fraction of sp³-hybridized carbons (Fsp3) is 0.609. The van der Waals surface area contributed by atoms with E-state index in [-0.39, 0.29) is 24.8 Å². The van der Waals surface area contributed by atoms with Crippen LogP contribution in [-0.4, -0.2) is 98.8 Å². The normalized spacial score (nSPS) is 18.2. The Bertz CT molecular complexity index is 666. The molecule has 0 radical (unpaired) electrons. The van der Waals surface area contributed by atoms with Crippen LogP contribution in [0.1, 0.15) is 25.3 Å². The Balaban J connectivity index is 0.00000144. The Morgan fingerprint density at radius 3 is 2.34 bits per heavy atom. The molecule has 1 aromatic rings. The largest absolute Gasteiger partial charge is 0.483 e. The lowest BCUT2D eigenvalue weighted by molar-refractivity contribution is -0.125. The summed E-state index contributed by atoms with van der Waals surface area (Å²) in [5.74, 6) is 0.301. The van der Waals surface area contributed by atoms with Crippen LogP contribution < -0.4 is 10.2 Å². The molecule has 0 aromatic heterocycles. The highest BCUT2D eigenvalue weighted by Crippen LogP contribution is 2.19. The lowest BCUT2D eigenvalue weighted by Crippen LogP contribution is -2.41. The number of carboxylic acid groups (broad SMARTS) is 2. The summed E-state index contributed by atoms with van der Waals surface area (Å²) in [5.41, 5.74) is 2.49. The number of rotatable bonds is 7. The van der Waals surface area contributed by atoms with E-state index in [2.05, 4.69) is 79.3 Å². The fourth-order valence-corrected chi connectivity index (χ4v) is 3.78. The van der Waals surface area contributed by atoms with Gasteiger partial charge in [0.1, 0.15) is 0 Å². The van der Waals surface area contributed by atoms with Crippen molar-refractivity contribution in [1.82, 2.24) is 15.1 Å². The number of hydrogen-bond donors (Lipinski definition) is 3. The van der Waals surface area contributed by atoms with E-state index in [1.165, 1.54) is 11.3 Å². The maximum atomic E-state index is 12.7. The maximum Gasteiger partial charge on any atom is 0.290 e. The highest BCUT2D eigenvalue weighted by molar-refractivity contribution is 5.79. The first-order valence-corrected chi connectivity index (χ1v) is 10.8. The number of nitrogens with zero attached hydrogens (tertiary/aromatic N) is 3. The number of benzene rings is 1. The number of nitrogens with one attached hydrogen (secondary N) is 1. The van der Waals surface area contributed by atoms with E-state index in [9.17, 15) is 4.79 Å². The molecule has 0 aliphatic carbocycles. The van der Waals surface area contributed by atoms with Crippen LogP contribution in [0.15, 0.2) is 24.3 Å². The maximum absolute atomic E-state index is 12.7. The molecular weight excluding hydrogens is 412 g/mol. The van der Waals surface area contributed by atoms with Gasteiger partial charge in [-0.15, -0.1) is 0 Å². The highest BCUT2D eigenvalue weighted by Gasteiger charge is 2.27. The standard InChI is InChI=1S/C21H36N4O.2CH2O2/c1-6-25(19-9-7-8-17(2)14-19)13-12-22-21(26)18-10-11-20(23(3)4)16-24(5)15-18;2*2-1-3/h7-9,14,18,20H,6,10-13,15-16H2,1-5H3,(H,22,26);2*1H,(H,2,3)/t18-,20+;;/m1../s1. The van der Waals surface area contributed by atoms with Gasteiger partial charge in [-0.05, 0) is 65.5 Å². The molecule has 1 aliphatic rings. The Morgan fingerprint density at radius 2 is 1.81 bits per heavy atom. The molecule has 182 valence electrons. The molecule has 1 aliphatic heterocycles. The van der Waals surface area contributed by atoms with Gasteiger partial charge in [-0.25, -0.2) is 0 Å². The summed E-state index contributed by atoms with van der Waals surface area (Å²) >= 11 is 0. The molecule has 2 atom stereocenters. The summed E-state index contributed by atoms with van der Waals surface area (Å²) in [7, 11) is 6.38. The van der Waals surface area contributed by atoms with Gasteiger partial charge in [-0.3, -0.25) is 14.4 Å². The van der Waals surface area contributed by atoms with Crippen molar-refractivity contribution in [2.75, 3.05) is 58.8 Å². The third-order valence-corrected chi connectivity index (χ3v) is 5.43. The number of hydrogen-bond acceptors (Lipinski definition) is 6. The Morgan fingerprint density at radius 1 is 1.19 bits per heavy atom. The molecule has 1 fully saturated rings. The first kappa shape index (κ1) is 29.4. The van der Waals surface area contributed by atoms with E-state index < -0.39 is 0 Å². The van der Waals surface area contributed by atoms with Gasteiger partial charge in [0, 0.05) is 44.5 Å². The number of carbonyl (C=O) groups is 3. The lowest BCUT2D eigenvalue weighted by Gasteiger charge is -2.26. The fourth-order valence-electron chi connectivity index (χ4n) is 3.78. The van der Waals surface area contributed by atoms with E-state index >= 15 is 0 Å². The topological polar surface area (TPSA) is 113 Å². The quantitative estimate of drug-likeness (QED) is 0.535. The molecule has 9 nitrogen and oxygen atoms in total. The second kappa shape index (κ2) is 17.0. The third-order valence-electron chi connectivity index (χ3n) is 5.43. The molecule has 1 aromatic carbocycles. The zero-order valence-corrected chi connectivity index (χ0v) is 20.0. The van der Waals surface area contributed by atoms with Crippen LogP contribution in [0.25, 0.3) is 0 Å². The van der Waals surface area contributed by atoms with E-state index in [4.69, 9.17) is 19.8 Å². The first-order valence-electron chi connectivity index (χ1n) is 10.8. The average Bonchev–Trinajstić information content (AvgIpc) is 2.94. The molecule has 0 unspecified atom stereocenters. The molecular formula is C23H40N4O5. The lowest BCUT2D eigenvalue weighted by atomic mass is 10.0. The van der Waals surface area contributed by atoms with E-state index in [1.54, 1.807) is 0 Å². The summed E-state index contributed by atoms with van der Waals surface area (Å²) in [6, 6.07) is 9.08. The molecule has 0 bridgehead atoms. The van der Waals surface area contributed by atoms with Gasteiger partial charge in [0.05, 0.1) is 5.92 Å². The molecule has 32 heavy (non-hydrogen) atoms. The van der Waals surface area contributed by atoms with Crippen LogP contribution in [-0.2, 0) is 14.4 Å².